The molecular formula is C21H26FN5O2. The zero-order valence-corrected chi connectivity index (χ0v) is 16.3. The average Bonchev–Trinajstić information content (AvgIpc) is 2.73. The Hall–Kier alpha value is -2.61. The standard InChI is InChI=1S/C21H26FN5O2/c22-15-8-7-12(10-14(15)20(28)25-17-6-2-1-5-16(17)23)11-18-19-13(4-3-9-24-19)21(29)27-26-18/h7-8,10,16-18,24H,1-6,9,11,23H2,(H,25,28)/t16-,17-,18?/m0/s1. The molecule has 1 saturated carbocycles. The van der Waals surface area contributed by atoms with Gasteiger partial charge in [0.1, 0.15) is 11.9 Å². The van der Waals surface area contributed by atoms with E-state index in [1.807, 2.05) is 0 Å². The van der Waals surface area contributed by atoms with E-state index < -0.39 is 11.7 Å². The van der Waals surface area contributed by atoms with E-state index in [1.54, 1.807) is 12.1 Å². The van der Waals surface area contributed by atoms with Crippen LogP contribution in [0, 0.1) is 5.82 Å². The first kappa shape index (κ1) is 19.7. The second kappa shape index (κ2) is 8.41. The molecule has 3 aliphatic rings. The maximum Gasteiger partial charge on any atom is 0.292 e. The van der Waals surface area contributed by atoms with Crippen LogP contribution in [0.15, 0.2) is 39.7 Å². The van der Waals surface area contributed by atoms with E-state index in [-0.39, 0.29) is 29.6 Å². The predicted octanol–water partition coefficient (Wildman–Crippen LogP) is 2.37. The summed E-state index contributed by atoms with van der Waals surface area (Å²) in [6.07, 6.45) is 5.76. The van der Waals surface area contributed by atoms with Gasteiger partial charge >= 0.3 is 0 Å². The van der Waals surface area contributed by atoms with Gasteiger partial charge in [-0.25, -0.2) is 4.39 Å². The van der Waals surface area contributed by atoms with E-state index >= 15 is 0 Å². The number of azo groups is 1. The molecule has 154 valence electrons. The molecule has 29 heavy (non-hydrogen) atoms. The average molecular weight is 399 g/mol. The van der Waals surface area contributed by atoms with Crippen LogP contribution in [0.4, 0.5) is 4.39 Å². The summed E-state index contributed by atoms with van der Waals surface area (Å²) in [5, 5.41) is 14.1. The lowest BCUT2D eigenvalue weighted by molar-refractivity contribution is -0.115. The molecule has 0 aromatic heterocycles. The summed E-state index contributed by atoms with van der Waals surface area (Å²) in [5.74, 6) is -1.29. The molecule has 4 N–H and O–H groups in total. The molecule has 1 aliphatic carbocycles. The van der Waals surface area contributed by atoms with Gasteiger partial charge < -0.3 is 16.4 Å². The van der Waals surface area contributed by atoms with Gasteiger partial charge in [0.15, 0.2) is 0 Å². The van der Waals surface area contributed by atoms with Gasteiger partial charge in [-0.15, -0.1) is 5.11 Å². The third kappa shape index (κ3) is 4.22. The number of nitrogens with one attached hydrogen (secondary N) is 2. The third-order valence-electron chi connectivity index (χ3n) is 5.96. The molecule has 4 rings (SSSR count). The van der Waals surface area contributed by atoms with Crippen LogP contribution in [0.1, 0.15) is 54.4 Å². The van der Waals surface area contributed by atoms with Gasteiger partial charge in [-0.2, -0.15) is 5.11 Å². The number of rotatable bonds is 4. The number of nitrogens with zero attached hydrogens (tertiary/aromatic N) is 2. The van der Waals surface area contributed by atoms with Gasteiger partial charge in [-0.3, -0.25) is 9.59 Å². The summed E-state index contributed by atoms with van der Waals surface area (Å²) in [6, 6.07) is 3.97. The van der Waals surface area contributed by atoms with Gasteiger partial charge in [-0.1, -0.05) is 18.9 Å². The van der Waals surface area contributed by atoms with Crippen LogP contribution in [0.5, 0.6) is 0 Å². The SMILES string of the molecule is N[C@H]1CCCC[C@@H]1NC(=O)c1cc(CC2N=NC(=O)C3=C2NCCC3)ccc1F. The van der Waals surface area contributed by atoms with Crippen LogP contribution in [0.3, 0.4) is 0 Å². The van der Waals surface area contributed by atoms with E-state index in [4.69, 9.17) is 5.73 Å². The van der Waals surface area contributed by atoms with Crippen molar-refractivity contribution in [1.29, 1.82) is 0 Å². The summed E-state index contributed by atoms with van der Waals surface area (Å²) in [5.41, 5.74) is 8.36. The maximum absolute atomic E-state index is 14.4. The fourth-order valence-corrected chi connectivity index (χ4v) is 4.34. The molecule has 0 spiro atoms. The molecule has 3 atom stereocenters. The van der Waals surface area contributed by atoms with Crippen molar-refractivity contribution >= 4 is 11.8 Å². The summed E-state index contributed by atoms with van der Waals surface area (Å²) in [4.78, 5) is 24.6. The van der Waals surface area contributed by atoms with Crippen molar-refractivity contribution in [3.63, 3.8) is 0 Å². The number of carbonyl (C=O) groups is 2. The van der Waals surface area contributed by atoms with E-state index in [9.17, 15) is 14.0 Å². The minimum Gasteiger partial charge on any atom is -0.386 e. The number of halogens is 1. The number of hydrogen-bond acceptors (Lipinski definition) is 5. The second-order valence-electron chi connectivity index (χ2n) is 8.01. The smallest absolute Gasteiger partial charge is 0.292 e. The van der Waals surface area contributed by atoms with Crippen molar-refractivity contribution in [2.45, 2.75) is 63.1 Å². The Labute approximate surface area is 169 Å². The van der Waals surface area contributed by atoms with Crippen LogP contribution < -0.4 is 16.4 Å². The molecule has 7 nitrogen and oxygen atoms in total. The highest BCUT2D eigenvalue weighted by atomic mass is 19.1. The Morgan fingerprint density at radius 3 is 2.93 bits per heavy atom. The summed E-state index contributed by atoms with van der Waals surface area (Å²) >= 11 is 0. The zero-order valence-electron chi connectivity index (χ0n) is 16.3. The number of benzene rings is 1. The van der Waals surface area contributed by atoms with Gasteiger partial charge in [0.05, 0.1) is 5.56 Å². The highest BCUT2D eigenvalue weighted by Crippen LogP contribution is 2.27. The van der Waals surface area contributed by atoms with Crippen molar-refractivity contribution in [1.82, 2.24) is 10.6 Å². The minimum absolute atomic E-state index is 0.00917. The number of nitrogens with two attached hydrogens (primary N) is 1. The molecular weight excluding hydrogens is 373 g/mol. The van der Waals surface area contributed by atoms with Gasteiger partial charge in [0.2, 0.25) is 0 Å². The maximum atomic E-state index is 14.4. The molecule has 2 aliphatic heterocycles. The summed E-state index contributed by atoms with van der Waals surface area (Å²) in [7, 11) is 0. The van der Waals surface area contributed by atoms with Gasteiger partial charge in [0.25, 0.3) is 11.8 Å². The molecule has 2 amide bonds. The first-order valence-corrected chi connectivity index (χ1v) is 10.3. The van der Waals surface area contributed by atoms with Crippen molar-refractivity contribution in [3.05, 3.63) is 46.4 Å². The van der Waals surface area contributed by atoms with Crippen LogP contribution in [0.2, 0.25) is 0 Å². The second-order valence-corrected chi connectivity index (χ2v) is 8.01. The van der Waals surface area contributed by atoms with Gasteiger partial charge in [-0.05, 0) is 43.4 Å². The number of hydrogen-bond donors (Lipinski definition) is 3. The zero-order chi connectivity index (χ0) is 20.4. The quantitative estimate of drug-likeness (QED) is 0.722. The fraction of sp³-hybridized carbons (Fsp3) is 0.524. The van der Waals surface area contributed by atoms with E-state index in [0.29, 0.717) is 18.4 Å². The molecule has 2 heterocycles. The van der Waals surface area contributed by atoms with Crippen LogP contribution in [-0.2, 0) is 11.2 Å². The Bertz CT molecular complexity index is 882. The molecule has 1 fully saturated rings. The van der Waals surface area contributed by atoms with Crippen molar-refractivity contribution in [3.8, 4) is 0 Å². The molecule has 0 saturated heterocycles. The first-order valence-electron chi connectivity index (χ1n) is 10.3. The number of carbonyl (C=O) groups excluding carboxylic acids is 2. The largest absolute Gasteiger partial charge is 0.386 e. The van der Waals surface area contributed by atoms with Crippen molar-refractivity contribution in [2.24, 2.45) is 16.0 Å². The molecule has 0 radical (unpaired) electrons. The lowest BCUT2D eigenvalue weighted by Gasteiger charge is -2.29. The van der Waals surface area contributed by atoms with Crippen LogP contribution in [0.25, 0.3) is 0 Å². The van der Waals surface area contributed by atoms with Crippen molar-refractivity contribution in [2.75, 3.05) is 6.54 Å². The third-order valence-corrected chi connectivity index (χ3v) is 5.96. The van der Waals surface area contributed by atoms with E-state index in [1.165, 1.54) is 6.07 Å². The fourth-order valence-electron chi connectivity index (χ4n) is 4.34. The van der Waals surface area contributed by atoms with Gasteiger partial charge in [0, 0.05) is 36.3 Å². The minimum atomic E-state index is -0.563. The first-order chi connectivity index (χ1) is 14.0. The van der Waals surface area contributed by atoms with Crippen LogP contribution in [-0.4, -0.2) is 36.5 Å². The monoisotopic (exact) mass is 399 g/mol. The molecule has 1 aromatic carbocycles. The Morgan fingerprint density at radius 2 is 2.10 bits per heavy atom. The molecule has 0 bridgehead atoms. The Morgan fingerprint density at radius 1 is 1.28 bits per heavy atom. The normalized spacial score (nSPS) is 26.7. The van der Waals surface area contributed by atoms with E-state index in [2.05, 4.69) is 20.9 Å². The molecule has 1 aromatic rings. The molecule has 1 unspecified atom stereocenters. The Balaban J connectivity index is 1.51. The lowest BCUT2D eigenvalue weighted by Crippen LogP contribution is -2.49. The highest BCUT2D eigenvalue weighted by Gasteiger charge is 2.30. The van der Waals surface area contributed by atoms with Crippen LogP contribution >= 0.6 is 0 Å². The number of amides is 2. The summed E-state index contributed by atoms with van der Waals surface area (Å²) in [6.45, 7) is 0.789. The van der Waals surface area contributed by atoms with Crippen molar-refractivity contribution < 1.29 is 14.0 Å². The summed E-state index contributed by atoms with van der Waals surface area (Å²) < 4.78 is 14.4. The Kier molecular flexibility index (Phi) is 5.71. The lowest BCUT2D eigenvalue weighted by atomic mass is 9.90. The molecule has 8 heteroatoms. The highest BCUT2D eigenvalue weighted by molar-refractivity contribution is 5.96. The van der Waals surface area contributed by atoms with E-state index in [0.717, 1.165) is 49.9 Å². The predicted molar refractivity (Wildman–Crippen MR) is 106 cm³/mol. The topological polar surface area (TPSA) is 109 Å².